The van der Waals surface area contributed by atoms with Crippen LogP contribution in [0, 0.1) is 5.92 Å². The molecule has 0 spiro atoms. The number of amides is 2. The van der Waals surface area contributed by atoms with Crippen molar-refractivity contribution in [2.45, 2.75) is 46.2 Å². The molecule has 0 fully saturated rings. The van der Waals surface area contributed by atoms with Crippen LogP contribution in [0.1, 0.15) is 39.2 Å². The number of hydrogen-bond acceptors (Lipinski definition) is 5. The second kappa shape index (κ2) is 13.9. The highest BCUT2D eigenvalue weighted by molar-refractivity contribution is 7.92. The van der Waals surface area contributed by atoms with E-state index in [0.29, 0.717) is 33.6 Å². The summed E-state index contributed by atoms with van der Waals surface area (Å²) < 4.78 is 31.6. The third-order valence-corrected chi connectivity index (χ3v) is 7.48. The van der Waals surface area contributed by atoms with Crippen LogP contribution in [0.3, 0.4) is 0 Å². The van der Waals surface area contributed by atoms with Gasteiger partial charge in [0.15, 0.2) is 0 Å². The highest BCUT2D eigenvalue weighted by Crippen LogP contribution is 2.30. The van der Waals surface area contributed by atoms with Crippen molar-refractivity contribution in [1.82, 2.24) is 10.2 Å². The van der Waals surface area contributed by atoms with E-state index in [1.165, 1.54) is 16.3 Å². The molecule has 0 aliphatic heterocycles. The Balaban J connectivity index is 2.22. The van der Waals surface area contributed by atoms with Gasteiger partial charge in [-0.2, -0.15) is 0 Å². The van der Waals surface area contributed by atoms with Crippen LogP contribution in [-0.2, 0) is 26.2 Å². The average Bonchev–Trinajstić information content (AvgIpc) is 2.83. The van der Waals surface area contributed by atoms with E-state index in [9.17, 15) is 18.0 Å². The molecule has 0 unspecified atom stereocenters. The van der Waals surface area contributed by atoms with Gasteiger partial charge in [0.2, 0.25) is 21.8 Å². The molecule has 0 radical (unpaired) electrons. The molecule has 2 rings (SSSR count). The number of carbonyl (C=O) groups excluding carboxylic acids is 2. The van der Waals surface area contributed by atoms with Crippen LogP contribution in [0.5, 0.6) is 5.75 Å². The molecule has 0 saturated heterocycles. The fraction of sp³-hybridized carbons (Fsp3) is 0.462. The zero-order valence-electron chi connectivity index (χ0n) is 21.8. The quantitative estimate of drug-likeness (QED) is 0.374. The maximum Gasteiger partial charge on any atom is 0.242 e. The Morgan fingerprint density at radius 2 is 1.76 bits per heavy atom. The second-order valence-electron chi connectivity index (χ2n) is 9.18. The van der Waals surface area contributed by atoms with Gasteiger partial charge in [0.1, 0.15) is 11.8 Å². The number of sulfonamides is 1. The number of para-hydroxylation sites is 2. The predicted octanol–water partition coefficient (Wildman–Crippen LogP) is 4.74. The average molecular weight is 573 g/mol. The number of benzene rings is 2. The van der Waals surface area contributed by atoms with E-state index >= 15 is 0 Å². The van der Waals surface area contributed by atoms with Gasteiger partial charge in [-0.15, -0.1) is 0 Å². The van der Waals surface area contributed by atoms with Gasteiger partial charge in [0, 0.05) is 36.1 Å². The minimum absolute atomic E-state index is 0.0220. The van der Waals surface area contributed by atoms with Crippen LogP contribution in [0.25, 0.3) is 0 Å². The molecule has 0 bridgehead atoms. The van der Waals surface area contributed by atoms with Gasteiger partial charge in [0.25, 0.3) is 0 Å². The summed E-state index contributed by atoms with van der Waals surface area (Å²) in [6.45, 7) is 6.28. The molecular weight excluding hydrogens is 537 g/mol. The number of nitrogens with one attached hydrogen (secondary N) is 1. The molecule has 2 aromatic rings. The van der Waals surface area contributed by atoms with E-state index in [4.69, 9.17) is 27.9 Å². The fourth-order valence-corrected chi connectivity index (χ4v) is 5.12. The lowest BCUT2D eigenvalue weighted by molar-refractivity contribution is -0.140. The van der Waals surface area contributed by atoms with Crippen molar-refractivity contribution < 1.29 is 22.7 Å². The smallest absolute Gasteiger partial charge is 0.242 e. The molecule has 11 heteroatoms. The SMILES string of the molecule is COc1ccccc1N(CCCC(=O)N(Cc1ccc(Cl)cc1Cl)[C@H](C)C(=O)NCC(C)C)S(C)(=O)=O. The summed E-state index contributed by atoms with van der Waals surface area (Å²) in [6.07, 6.45) is 1.36. The first-order valence-corrected chi connectivity index (χ1v) is 14.6. The van der Waals surface area contributed by atoms with Crippen molar-refractivity contribution in [3.63, 3.8) is 0 Å². The molecule has 204 valence electrons. The minimum atomic E-state index is -3.64. The predicted molar refractivity (Wildman–Crippen MR) is 149 cm³/mol. The first kappa shape index (κ1) is 30.7. The maximum atomic E-state index is 13.4. The second-order valence-corrected chi connectivity index (χ2v) is 11.9. The highest BCUT2D eigenvalue weighted by atomic mass is 35.5. The lowest BCUT2D eigenvalue weighted by Crippen LogP contribution is -2.48. The lowest BCUT2D eigenvalue weighted by atomic mass is 10.1. The number of ether oxygens (including phenoxy) is 1. The third-order valence-electron chi connectivity index (χ3n) is 5.71. The van der Waals surface area contributed by atoms with Crippen molar-refractivity contribution >= 4 is 50.7 Å². The number of carbonyl (C=O) groups is 2. The Morgan fingerprint density at radius 3 is 2.35 bits per heavy atom. The van der Waals surface area contributed by atoms with E-state index in [1.807, 2.05) is 13.8 Å². The number of rotatable bonds is 13. The number of halogens is 2. The van der Waals surface area contributed by atoms with E-state index < -0.39 is 16.1 Å². The van der Waals surface area contributed by atoms with Gasteiger partial charge < -0.3 is 15.0 Å². The van der Waals surface area contributed by atoms with Crippen molar-refractivity contribution in [3.05, 3.63) is 58.1 Å². The minimum Gasteiger partial charge on any atom is -0.495 e. The molecule has 1 N–H and O–H groups in total. The van der Waals surface area contributed by atoms with Crippen LogP contribution in [-0.4, -0.2) is 57.6 Å². The van der Waals surface area contributed by atoms with E-state index in [-0.39, 0.29) is 43.7 Å². The summed E-state index contributed by atoms with van der Waals surface area (Å²) in [6, 6.07) is 11.0. The highest BCUT2D eigenvalue weighted by Gasteiger charge is 2.27. The largest absolute Gasteiger partial charge is 0.495 e. The van der Waals surface area contributed by atoms with Crippen LogP contribution in [0.2, 0.25) is 10.0 Å². The van der Waals surface area contributed by atoms with Gasteiger partial charge in [-0.1, -0.05) is 55.2 Å². The van der Waals surface area contributed by atoms with E-state index in [0.717, 1.165) is 6.26 Å². The van der Waals surface area contributed by atoms with Crippen LogP contribution in [0.4, 0.5) is 5.69 Å². The summed E-state index contributed by atoms with van der Waals surface area (Å²) in [4.78, 5) is 27.7. The van der Waals surface area contributed by atoms with Crippen molar-refractivity contribution in [3.8, 4) is 5.75 Å². The molecule has 1 atom stereocenters. The summed E-state index contributed by atoms with van der Waals surface area (Å²) >= 11 is 12.4. The zero-order chi connectivity index (χ0) is 27.8. The number of methoxy groups -OCH3 is 1. The number of hydrogen-bond donors (Lipinski definition) is 1. The Bertz CT molecular complexity index is 1190. The lowest BCUT2D eigenvalue weighted by Gasteiger charge is -2.30. The first-order chi connectivity index (χ1) is 17.3. The van der Waals surface area contributed by atoms with Crippen LogP contribution in [0.15, 0.2) is 42.5 Å². The van der Waals surface area contributed by atoms with Crippen molar-refractivity contribution in [2.75, 3.05) is 30.8 Å². The maximum absolute atomic E-state index is 13.4. The Hall–Kier alpha value is -2.49. The summed E-state index contributed by atoms with van der Waals surface area (Å²) in [7, 11) is -2.17. The molecule has 2 amide bonds. The van der Waals surface area contributed by atoms with Gasteiger partial charge >= 0.3 is 0 Å². The number of anilines is 1. The molecule has 2 aromatic carbocycles. The number of nitrogens with zero attached hydrogens (tertiary/aromatic N) is 2. The summed E-state index contributed by atoms with van der Waals surface area (Å²) in [5.74, 6) is 0.0854. The Morgan fingerprint density at radius 1 is 1.08 bits per heavy atom. The fourth-order valence-electron chi connectivity index (χ4n) is 3.69. The van der Waals surface area contributed by atoms with Crippen LogP contribution < -0.4 is 14.4 Å². The topological polar surface area (TPSA) is 96.0 Å². The van der Waals surface area contributed by atoms with Crippen molar-refractivity contribution in [1.29, 1.82) is 0 Å². The molecule has 0 saturated carbocycles. The molecule has 0 aliphatic rings. The van der Waals surface area contributed by atoms with E-state index in [1.54, 1.807) is 49.4 Å². The normalized spacial score (nSPS) is 12.2. The van der Waals surface area contributed by atoms with Crippen molar-refractivity contribution in [2.24, 2.45) is 5.92 Å². The monoisotopic (exact) mass is 571 g/mol. The first-order valence-electron chi connectivity index (χ1n) is 12.0. The molecule has 37 heavy (non-hydrogen) atoms. The van der Waals surface area contributed by atoms with Gasteiger partial charge in [0.05, 0.1) is 19.1 Å². The molecular formula is C26H35Cl2N3O5S. The molecule has 0 aliphatic carbocycles. The third kappa shape index (κ3) is 9.09. The Labute approximate surface area is 229 Å². The molecule has 0 aromatic heterocycles. The molecule has 0 heterocycles. The Kier molecular flexibility index (Phi) is 11.5. The zero-order valence-corrected chi connectivity index (χ0v) is 24.2. The standard InChI is InChI=1S/C26H35Cl2N3O5S/c1-18(2)16-29-26(33)19(3)30(17-20-12-13-21(27)15-22(20)28)25(32)11-8-14-31(37(5,34)35)23-9-6-7-10-24(23)36-4/h6-7,9-10,12-13,15,18-19H,8,11,14,16-17H2,1-5H3,(H,29,33)/t19-/m1/s1. The van der Waals surface area contributed by atoms with Gasteiger partial charge in [-0.3, -0.25) is 13.9 Å². The van der Waals surface area contributed by atoms with E-state index in [2.05, 4.69) is 5.32 Å². The van der Waals surface area contributed by atoms with Crippen LogP contribution >= 0.6 is 23.2 Å². The van der Waals surface area contributed by atoms with Gasteiger partial charge in [-0.25, -0.2) is 8.42 Å². The summed E-state index contributed by atoms with van der Waals surface area (Å²) in [5, 5.41) is 3.72. The van der Waals surface area contributed by atoms with Gasteiger partial charge in [-0.05, 0) is 49.1 Å². The summed E-state index contributed by atoms with van der Waals surface area (Å²) in [5.41, 5.74) is 1.04. The molecule has 8 nitrogen and oxygen atoms in total.